The minimum Gasteiger partial charge on any atom is -0.382 e. The van der Waals surface area contributed by atoms with E-state index in [4.69, 9.17) is 5.73 Å². The number of carbonyl (C=O) groups excluding carboxylic acids is 1. The highest BCUT2D eigenvalue weighted by atomic mass is 32.2. The van der Waals surface area contributed by atoms with Crippen molar-refractivity contribution in [3.63, 3.8) is 0 Å². The molecule has 11 heteroatoms. The lowest BCUT2D eigenvalue weighted by Gasteiger charge is -2.31. The van der Waals surface area contributed by atoms with Gasteiger partial charge >= 0.3 is 0 Å². The Labute approximate surface area is 212 Å². The average molecular weight is 528 g/mol. The van der Waals surface area contributed by atoms with Crippen LogP contribution in [-0.4, -0.2) is 75.7 Å². The zero-order valence-electron chi connectivity index (χ0n) is 20.3. The minimum atomic E-state index is -0.905. The molecule has 4 rings (SSSR count). The molecule has 1 atom stereocenters. The zero-order valence-corrected chi connectivity index (χ0v) is 22.0. The van der Waals surface area contributed by atoms with E-state index >= 15 is 0 Å². The molecule has 1 aromatic heterocycles. The van der Waals surface area contributed by atoms with Gasteiger partial charge in [0.25, 0.3) is 0 Å². The van der Waals surface area contributed by atoms with Crippen molar-refractivity contribution in [2.45, 2.75) is 50.6 Å². The first kappa shape index (κ1) is 27.8. The number of aromatic nitrogens is 1. The maximum Gasteiger partial charge on any atom is 0.212 e. The largest absolute Gasteiger partial charge is 0.382 e. The number of ketones is 1. The van der Waals surface area contributed by atoms with Gasteiger partial charge in [0, 0.05) is 31.7 Å². The van der Waals surface area contributed by atoms with Crippen LogP contribution in [0.15, 0.2) is 23.7 Å². The molecule has 3 N–H and O–H groups in total. The molecule has 1 aliphatic carbocycles. The fourth-order valence-corrected chi connectivity index (χ4v) is 6.45. The molecule has 1 saturated carbocycles. The van der Waals surface area contributed by atoms with Gasteiger partial charge < -0.3 is 16.0 Å². The summed E-state index contributed by atoms with van der Waals surface area (Å²) in [6.45, 7) is 2.93. The summed E-state index contributed by atoms with van der Waals surface area (Å²) in [5.74, 6) is -1.80. The van der Waals surface area contributed by atoms with Crippen molar-refractivity contribution in [2.24, 2.45) is 0 Å². The minimum absolute atomic E-state index is 0.0161. The number of nitrogens with one attached hydrogen (secondary N) is 1. The van der Waals surface area contributed by atoms with Crippen LogP contribution in [0.3, 0.4) is 0 Å². The Hall–Kier alpha value is -1.79. The van der Waals surface area contributed by atoms with E-state index in [2.05, 4.69) is 26.6 Å². The van der Waals surface area contributed by atoms with E-state index in [0.717, 1.165) is 67.7 Å². The van der Waals surface area contributed by atoms with Crippen molar-refractivity contribution in [3.8, 4) is 0 Å². The van der Waals surface area contributed by atoms with Gasteiger partial charge in [-0.3, -0.25) is 4.79 Å². The Morgan fingerprint density at radius 3 is 2.40 bits per heavy atom. The molecule has 35 heavy (non-hydrogen) atoms. The van der Waals surface area contributed by atoms with E-state index in [1.54, 1.807) is 0 Å². The summed E-state index contributed by atoms with van der Waals surface area (Å²) in [6, 6.07) is 4.60. The molecule has 2 aromatic rings. The van der Waals surface area contributed by atoms with Gasteiger partial charge in [-0.1, -0.05) is 18.9 Å². The molecule has 1 aromatic carbocycles. The Morgan fingerprint density at radius 1 is 1.23 bits per heavy atom. The Bertz CT molecular complexity index is 972. The summed E-state index contributed by atoms with van der Waals surface area (Å²) in [5, 5.41) is 3.32. The summed E-state index contributed by atoms with van der Waals surface area (Å²) < 4.78 is 41.1. The maximum atomic E-state index is 13.3. The van der Waals surface area contributed by atoms with Crippen LogP contribution in [-0.2, 0) is 11.0 Å². The van der Waals surface area contributed by atoms with Gasteiger partial charge in [0.15, 0.2) is 0 Å². The molecule has 7 nitrogen and oxygen atoms in total. The van der Waals surface area contributed by atoms with Gasteiger partial charge in [-0.15, -0.1) is 11.3 Å². The molecular formula is C24H35F2N5O2S2. The highest BCUT2D eigenvalue weighted by molar-refractivity contribution is 7.82. The quantitative estimate of drug-likeness (QED) is 0.511. The number of nitrogens with two attached hydrogens (primary N) is 1. The summed E-state index contributed by atoms with van der Waals surface area (Å²) in [5.41, 5.74) is 6.16. The van der Waals surface area contributed by atoms with Crippen LogP contribution in [0, 0.1) is 11.6 Å². The van der Waals surface area contributed by atoms with Gasteiger partial charge in [-0.25, -0.2) is 22.3 Å². The Morgan fingerprint density at radius 2 is 1.86 bits per heavy atom. The van der Waals surface area contributed by atoms with E-state index in [9.17, 15) is 17.8 Å². The van der Waals surface area contributed by atoms with E-state index in [1.165, 1.54) is 37.3 Å². The highest BCUT2D eigenvalue weighted by Crippen LogP contribution is 2.24. The topological polar surface area (TPSA) is 91.6 Å². The number of anilines is 1. The molecule has 0 radical (unpaired) electrons. The number of thiazole rings is 1. The van der Waals surface area contributed by atoms with Crippen LogP contribution in [0.2, 0.25) is 0 Å². The molecule has 2 heterocycles. The zero-order chi connectivity index (χ0) is 25.4. The number of hydrogen-bond donors (Lipinski definition) is 2. The normalized spacial score (nSPS) is 18.4. The van der Waals surface area contributed by atoms with Gasteiger partial charge in [0.1, 0.15) is 22.3 Å². The molecule has 0 spiro atoms. The van der Waals surface area contributed by atoms with Gasteiger partial charge in [-0.2, -0.15) is 0 Å². The number of nitrogen functional groups attached to an aromatic ring is 1. The van der Waals surface area contributed by atoms with Gasteiger partial charge in [0.2, 0.25) is 5.78 Å². The van der Waals surface area contributed by atoms with Crippen molar-refractivity contribution in [2.75, 3.05) is 45.2 Å². The molecule has 0 amide bonds. The van der Waals surface area contributed by atoms with Crippen LogP contribution in [0.25, 0.3) is 0 Å². The lowest BCUT2D eigenvalue weighted by Crippen LogP contribution is -2.43. The van der Waals surface area contributed by atoms with Crippen molar-refractivity contribution < 1.29 is 17.8 Å². The third-order valence-electron chi connectivity index (χ3n) is 6.71. The van der Waals surface area contributed by atoms with Crippen LogP contribution >= 0.6 is 11.3 Å². The van der Waals surface area contributed by atoms with Gasteiger partial charge in [-0.05, 0) is 51.9 Å². The number of benzene rings is 1. The van der Waals surface area contributed by atoms with Gasteiger partial charge in [0.05, 0.1) is 27.8 Å². The molecule has 2 aliphatic rings. The molecular weight excluding hydrogens is 492 g/mol. The number of rotatable bonds is 8. The predicted molar refractivity (Wildman–Crippen MR) is 138 cm³/mol. The lowest BCUT2D eigenvalue weighted by molar-refractivity contribution is 0.103. The monoisotopic (exact) mass is 527 g/mol. The number of carbonyl (C=O) groups is 1. The Kier molecular flexibility index (Phi) is 10.7. The first-order chi connectivity index (χ1) is 16.8. The number of nitrogens with zero attached hydrogens (tertiary/aromatic N) is 3. The molecule has 0 bridgehead atoms. The molecule has 1 aliphatic heterocycles. The van der Waals surface area contributed by atoms with E-state index in [1.807, 2.05) is 7.05 Å². The maximum absolute atomic E-state index is 13.3. The van der Waals surface area contributed by atoms with Crippen LogP contribution in [0.5, 0.6) is 0 Å². The first-order valence-electron chi connectivity index (χ1n) is 12.0. The fourth-order valence-electron chi connectivity index (χ4n) is 4.48. The van der Waals surface area contributed by atoms with Crippen molar-refractivity contribution in [3.05, 3.63) is 45.8 Å². The second-order valence-electron chi connectivity index (χ2n) is 8.93. The second-order valence-corrected chi connectivity index (χ2v) is 11.4. The highest BCUT2D eigenvalue weighted by Gasteiger charge is 2.24. The van der Waals surface area contributed by atoms with Crippen molar-refractivity contribution in [1.29, 1.82) is 0 Å². The van der Waals surface area contributed by atoms with Crippen LogP contribution in [0.4, 0.5) is 14.6 Å². The third kappa shape index (κ3) is 7.60. The fraction of sp³-hybridized carbons (Fsp3) is 0.583. The molecule has 1 saturated heterocycles. The van der Waals surface area contributed by atoms with E-state index in [0.29, 0.717) is 6.04 Å². The smallest absolute Gasteiger partial charge is 0.212 e. The summed E-state index contributed by atoms with van der Waals surface area (Å²) in [7, 11) is 3.44. The molecule has 2 fully saturated rings. The molecule has 1 unspecified atom stereocenters. The predicted octanol–water partition coefficient (Wildman–Crippen LogP) is 3.44. The standard InChI is InChI=1S/C14H29N3OS.C10H6F2N2OS/c1-15-13-7-9-17(10-8-13)19(18)12-11-16(2)14-5-3-4-6-14;11-5-2-1-3-6(12)7(5)8(15)9-10(13)14-4-16-9/h13-15H,3-12H2,1-2H3;1-4H,13H2. The van der Waals surface area contributed by atoms with E-state index < -0.39 is 34.0 Å². The first-order valence-corrected chi connectivity index (χ1v) is 14.2. The second kappa shape index (κ2) is 13.5. The van der Waals surface area contributed by atoms with E-state index in [-0.39, 0.29) is 10.7 Å². The van der Waals surface area contributed by atoms with Crippen molar-refractivity contribution >= 4 is 33.9 Å². The number of halogens is 2. The summed E-state index contributed by atoms with van der Waals surface area (Å²) >= 11 is 0.951. The number of piperidine rings is 1. The average Bonchev–Trinajstić information content (AvgIpc) is 3.55. The third-order valence-corrected chi connectivity index (χ3v) is 9.02. The lowest BCUT2D eigenvalue weighted by atomic mass is 10.1. The van der Waals surface area contributed by atoms with Crippen molar-refractivity contribution in [1.82, 2.24) is 19.5 Å². The summed E-state index contributed by atoms with van der Waals surface area (Å²) in [6.07, 6.45) is 7.65. The summed E-state index contributed by atoms with van der Waals surface area (Å²) in [4.78, 5) is 17.9. The molecule has 194 valence electrons. The SMILES string of the molecule is CNC1CCN(S(=O)CCN(C)C2CCCC2)CC1.Nc1ncsc1C(=O)c1c(F)cccc1F. The number of hydrogen-bond acceptors (Lipinski definition) is 7. The van der Waals surface area contributed by atoms with Crippen LogP contribution in [0.1, 0.15) is 53.8 Å². The Balaban J connectivity index is 0.000000198. The van der Waals surface area contributed by atoms with Crippen LogP contribution < -0.4 is 11.1 Å².